The minimum atomic E-state index is -0.256. The Morgan fingerprint density at radius 1 is 1.26 bits per heavy atom. The van der Waals surface area contributed by atoms with Gasteiger partial charge in [0.25, 0.3) is 0 Å². The average molecular weight is 473 g/mol. The molecule has 0 radical (unpaired) electrons. The van der Waals surface area contributed by atoms with E-state index in [0.29, 0.717) is 29.5 Å². The van der Waals surface area contributed by atoms with Crippen LogP contribution in [0.25, 0.3) is 32.5 Å². The van der Waals surface area contributed by atoms with Gasteiger partial charge in [0.1, 0.15) is 16.4 Å². The van der Waals surface area contributed by atoms with Gasteiger partial charge in [-0.2, -0.15) is 5.26 Å². The lowest BCUT2D eigenvalue weighted by molar-refractivity contribution is -0.119. The van der Waals surface area contributed by atoms with Crippen molar-refractivity contribution in [1.82, 2.24) is 19.9 Å². The predicted molar refractivity (Wildman–Crippen MR) is 136 cm³/mol. The number of amides is 1. The molecule has 3 N–H and O–H groups in total. The van der Waals surface area contributed by atoms with E-state index in [2.05, 4.69) is 46.7 Å². The number of aryl methyl sites for hydroxylation is 1. The molecule has 1 saturated heterocycles. The summed E-state index contributed by atoms with van der Waals surface area (Å²) in [5, 5.41) is 10.8. The number of rotatable bonds is 5. The molecule has 4 aromatic rings. The SMILES string of the molecule is Cc1c(C2CCN(CC(N)=O)CC2)sc2[nH]c(-c3ccc(C#N)c4nccnc34)c(C(C)C)c12. The number of piperidine rings is 1. The molecule has 8 heteroatoms. The van der Waals surface area contributed by atoms with E-state index in [1.54, 1.807) is 12.4 Å². The first-order valence-corrected chi connectivity index (χ1v) is 12.5. The number of aromatic amines is 1. The lowest BCUT2D eigenvalue weighted by Crippen LogP contribution is -2.39. The molecule has 34 heavy (non-hydrogen) atoms. The van der Waals surface area contributed by atoms with E-state index in [-0.39, 0.29) is 5.91 Å². The number of nitriles is 1. The number of nitrogens with zero attached hydrogens (tertiary/aromatic N) is 4. The van der Waals surface area contributed by atoms with Crippen LogP contribution in [0.4, 0.5) is 0 Å². The van der Waals surface area contributed by atoms with Gasteiger partial charge < -0.3 is 10.7 Å². The second kappa shape index (κ2) is 8.82. The summed E-state index contributed by atoms with van der Waals surface area (Å²) in [5.74, 6) is 0.554. The van der Waals surface area contributed by atoms with Gasteiger partial charge in [-0.1, -0.05) is 13.8 Å². The summed E-state index contributed by atoms with van der Waals surface area (Å²) in [6, 6.07) is 6.06. The van der Waals surface area contributed by atoms with Gasteiger partial charge in [-0.15, -0.1) is 11.3 Å². The number of fused-ring (bicyclic) bond motifs is 2. The molecule has 0 spiro atoms. The number of H-pyrrole nitrogens is 1. The maximum Gasteiger partial charge on any atom is 0.231 e. The van der Waals surface area contributed by atoms with E-state index in [1.165, 1.54) is 26.2 Å². The Morgan fingerprint density at radius 2 is 1.97 bits per heavy atom. The van der Waals surface area contributed by atoms with Gasteiger partial charge >= 0.3 is 0 Å². The summed E-state index contributed by atoms with van der Waals surface area (Å²) < 4.78 is 0. The van der Waals surface area contributed by atoms with Gasteiger partial charge in [0.15, 0.2) is 0 Å². The normalized spacial score (nSPS) is 15.4. The fourth-order valence-corrected chi connectivity index (χ4v) is 6.75. The maximum absolute atomic E-state index is 11.3. The minimum Gasteiger partial charge on any atom is -0.369 e. The van der Waals surface area contributed by atoms with Gasteiger partial charge in [-0.05, 0) is 68.0 Å². The van der Waals surface area contributed by atoms with Crippen LogP contribution in [0.3, 0.4) is 0 Å². The lowest BCUT2D eigenvalue weighted by atomic mass is 9.90. The minimum absolute atomic E-state index is 0.256. The molecule has 0 unspecified atom stereocenters. The quantitative estimate of drug-likeness (QED) is 0.433. The lowest BCUT2D eigenvalue weighted by Gasteiger charge is -2.31. The van der Waals surface area contributed by atoms with Gasteiger partial charge in [0.05, 0.1) is 23.3 Å². The van der Waals surface area contributed by atoms with Crippen LogP contribution in [0.1, 0.15) is 60.1 Å². The molecule has 0 bridgehead atoms. The summed E-state index contributed by atoms with van der Waals surface area (Å²) in [6.45, 7) is 8.84. The van der Waals surface area contributed by atoms with E-state index in [1.807, 2.05) is 23.5 Å². The van der Waals surface area contributed by atoms with Crippen molar-refractivity contribution >= 4 is 38.5 Å². The van der Waals surface area contributed by atoms with Crippen LogP contribution in [-0.2, 0) is 4.79 Å². The Morgan fingerprint density at radius 3 is 2.62 bits per heavy atom. The molecular formula is C26H28N6OS. The molecule has 0 saturated carbocycles. The summed E-state index contributed by atoms with van der Waals surface area (Å²) in [7, 11) is 0. The first-order chi connectivity index (χ1) is 16.4. The number of aromatic nitrogens is 3. The second-order valence-electron chi connectivity index (χ2n) is 9.41. The van der Waals surface area contributed by atoms with Crippen LogP contribution < -0.4 is 5.73 Å². The molecule has 1 aromatic carbocycles. The zero-order valence-electron chi connectivity index (χ0n) is 19.7. The Labute approximate surface area is 202 Å². The maximum atomic E-state index is 11.3. The van der Waals surface area contributed by atoms with Crippen molar-refractivity contribution in [3.05, 3.63) is 46.1 Å². The first-order valence-electron chi connectivity index (χ1n) is 11.7. The predicted octanol–water partition coefficient (Wildman–Crippen LogP) is 4.81. The summed E-state index contributed by atoms with van der Waals surface area (Å²) in [4.78, 5) is 28.8. The molecule has 1 aliphatic rings. The molecule has 0 aliphatic carbocycles. The van der Waals surface area contributed by atoms with E-state index in [4.69, 9.17) is 5.73 Å². The molecule has 3 aromatic heterocycles. The van der Waals surface area contributed by atoms with Crippen molar-refractivity contribution in [2.24, 2.45) is 5.73 Å². The molecular weight excluding hydrogens is 444 g/mol. The van der Waals surface area contributed by atoms with Crippen molar-refractivity contribution in [1.29, 1.82) is 5.26 Å². The van der Waals surface area contributed by atoms with Crippen molar-refractivity contribution in [2.45, 2.75) is 45.4 Å². The third-order valence-electron chi connectivity index (χ3n) is 6.89. The highest BCUT2D eigenvalue weighted by molar-refractivity contribution is 7.19. The number of thiophene rings is 1. The zero-order chi connectivity index (χ0) is 24.0. The number of benzene rings is 1. The molecule has 1 aliphatic heterocycles. The number of nitrogens with two attached hydrogens (primary N) is 1. The zero-order valence-corrected chi connectivity index (χ0v) is 20.5. The molecule has 5 rings (SSSR count). The van der Waals surface area contributed by atoms with Crippen molar-refractivity contribution in [3.8, 4) is 17.3 Å². The Balaban J connectivity index is 1.58. The molecule has 1 amide bonds. The van der Waals surface area contributed by atoms with Gasteiger partial charge in [-0.3, -0.25) is 19.7 Å². The largest absolute Gasteiger partial charge is 0.369 e. The fraction of sp³-hybridized carbons (Fsp3) is 0.385. The van der Waals surface area contributed by atoms with Gasteiger partial charge in [0, 0.05) is 28.2 Å². The number of hydrogen-bond donors (Lipinski definition) is 2. The topological polar surface area (TPSA) is 112 Å². The van der Waals surface area contributed by atoms with E-state index in [0.717, 1.165) is 42.7 Å². The summed E-state index contributed by atoms with van der Waals surface area (Å²) in [5.41, 5.74) is 12.0. The highest BCUT2D eigenvalue weighted by atomic mass is 32.1. The Hall–Kier alpha value is -3.28. The average Bonchev–Trinajstić information content (AvgIpc) is 3.35. The number of carbonyl (C=O) groups excluding carboxylic acids is 1. The first kappa shape index (κ1) is 22.5. The van der Waals surface area contributed by atoms with Crippen LogP contribution in [0.5, 0.6) is 0 Å². The molecule has 4 heterocycles. The van der Waals surface area contributed by atoms with Gasteiger partial charge in [0.2, 0.25) is 5.91 Å². The third-order valence-corrected chi connectivity index (χ3v) is 8.26. The van der Waals surface area contributed by atoms with Crippen LogP contribution >= 0.6 is 11.3 Å². The van der Waals surface area contributed by atoms with Crippen molar-refractivity contribution < 1.29 is 4.79 Å². The highest BCUT2D eigenvalue weighted by Gasteiger charge is 2.28. The van der Waals surface area contributed by atoms with Gasteiger partial charge in [-0.25, -0.2) is 0 Å². The standard InChI is InChI=1S/C26H28N6OS/c1-14(2)20-21-15(3)25(16-6-10-32(11-7-16)13-19(28)33)34-26(21)31-23(20)18-5-4-17(12-27)22-24(18)30-9-8-29-22/h4-5,8-9,14,16,31H,6-7,10-11,13H2,1-3H3,(H2,28,33). The summed E-state index contributed by atoms with van der Waals surface area (Å²) in [6.07, 6.45) is 5.39. The van der Waals surface area contributed by atoms with Crippen molar-refractivity contribution in [3.63, 3.8) is 0 Å². The smallest absolute Gasteiger partial charge is 0.231 e. The van der Waals surface area contributed by atoms with Crippen LogP contribution in [-0.4, -0.2) is 45.4 Å². The Kier molecular flexibility index (Phi) is 5.84. The molecule has 7 nitrogen and oxygen atoms in total. The van der Waals surface area contributed by atoms with E-state index < -0.39 is 0 Å². The Bertz CT molecular complexity index is 1440. The van der Waals surface area contributed by atoms with Crippen LogP contribution in [0.2, 0.25) is 0 Å². The molecule has 174 valence electrons. The summed E-state index contributed by atoms with van der Waals surface area (Å²) >= 11 is 1.85. The molecule has 0 atom stereocenters. The highest BCUT2D eigenvalue weighted by Crippen LogP contribution is 2.46. The number of nitrogens with one attached hydrogen (secondary N) is 1. The number of hydrogen-bond acceptors (Lipinski definition) is 6. The van der Waals surface area contributed by atoms with E-state index in [9.17, 15) is 10.1 Å². The molecule has 1 fully saturated rings. The monoisotopic (exact) mass is 472 g/mol. The second-order valence-corrected chi connectivity index (χ2v) is 10.5. The third kappa shape index (κ3) is 3.75. The van der Waals surface area contributed by atoms with Crippen LogP contribution in [0.15, 0.2) is 24.5 Å². The van der Waals surface area contributed by atoms with Crippen molar-refractivity contribution in [2.75, 3.05) is 19.6 Å². The fourth-order valence-electron chi connectivity index (χ4n) is 5.35. The van der Waals surface area contributed by atoms with Crippen LogP contribution in [0, 0.1) is 18.3 Å². The number of primary amides is 1. The number of carbonyl (C=O) groups is 1. The number of likely N-dealkylation sites (tertiary alicyclic amines) is 1. The van der Waals surface area contributed by atoms with E-state index >= 15 is 0 Å².